The van der Waals surface area contributed by atoms with Crippen LogP contribution in [0.3, 0.4) is 0 Å². The van der Waals surface area contributed by atoms with Gasteiger partial charge in [-0.15, -0.1) is 0 Å². The minimum Gasteiger partial charge on any atom is -0.504 e. The van der Waals surface area contributed by atoms with E-state index in [4.69, 9.17) is 15.9 Å². The van der Waals surface area contributed by atoms with Crippen LogP contribution in [0.4, 0.5) is 0 Å². The van der Waals surface area contributed by atoms with Crippen molar-refractivity contribution in [1.29, 1.82) is 0 Å². The van der Waals surface area contributed by atoms with E-state index >= 15 is 0 Å². The lowest BCUT2D eigenvalue weighted by molar-refractivity contribution is 0.403. The molecule has 12 heavy (non-hydrogen) atoms. The molecule has 0 aliphatic carbocycles. The molecule has 3 nitrogen and oxygen atoms in total. The van der Waals surface area contributed by atoms with Crippen LogP contribution in [0.5, 0.6) is 11.5 Å². The fourth-order valence-electron chi connectivity index (χ4n) is 0.848. The Hall–Kier alpha value is -1.48. The molecule has 0 radical (unpaired) electrons. The Morgan fingerprint density at radius 1 is 1.25 bits per heavy atom. The number of nitrogens with two attached hydrogens (primary N) is 1. The molecule has 0 spiro atoms. The fourth-order valence-corrected chi connectivity index (χ4v) is 0.848. The van der Waals surface area contributed by atoms with Gasteiger partial charge < -0.3 is 15.9 Å². The summed E-state index contributed by atoms with van der Waals surface area (Å²) < 4.78 is 0. The highest BCUT2D eigenvalue weighted by Crippen LogP contribution is 2.25. The van der Waals surface area contributed by atoms with Crippen molar-refractivity contribution in [2.45, 2.75) is 0 Å². The minimum absolute atomic E-state index is 0.111. The van der Waals surface area contributed by atoms with Gasteiger partial charge in [-0.25, -0.2) is 0 Å². The van der Waals surface area contributed by atoms with Crippen LogP contribution in [0, 0.1) is 0 Å². The van der Waals surface area contributed by atoms with Gasteiger partial charge in [-0.2, -0.15) is 0 Å². The van der Waals surface area contributed by atoms with E-state index in [0.717, 1.165) is 5.56 Å². The lowest BCUT2D eigenvalue weighted by Crippen LogP contribution is -1.91. The molecular weight excluding hydrogens is 154 g/mol. The number of phenols is 2. The van der Waals surface area contributed by atoms with E-state index in [1.165, 1.54) is 12.1 Å². The maximum atomic E-state index is 9.08. The van der Waals surface area contributed by atoms with E-state index in [0.29, 0.717) is 6.54 Å². The highest BCUT2D eigenvalue weighted by molar-refractivity contribution is 5.55. The summed E-state index contributed by atoms with van der Waals surface area (Å²) in [4.78, 5) is 0. The van der Waals surface area contributed by atoms with Crippen LogP contribution in [0.1, 0.15) is 5.56 Å². The normalized spacial score (nSPS) is 10.8. The third-order valence-corrected chi connectivity index (χ3v) is 1.45. The topological polar surface area (TPSA) is 66.5 Å². The van der Waals surface area contributed by atoms with Gasteiger partial charge in [-0.3, -0.25) is 0 Å². The zero-order chi connectivity index (χ0) is 8.97. The molecule has 0 amide bonds. The Kier molecular flexibility index (Phi) is 2.71. The maximum absolute atomic E-state index is 9.08. The van der Waals surface area contributed by atoms with E-state index in [9.17, 15) is 0 Å². The van der Waals surface area contributed by atoms with E-state index in [1.54, 1.807) is 18.2 Å². The number of aromatic hydroxyl groups is 2. The molecule has 0 unspecified atom stereocenters. The predicted molar refractivity (Wildman–Crippen MR) is 47.9 cm³/mol. The zero-order valence-electron chi connectivity index (χ0n) is 6.57. The standard InChI is InChI=1S/C9H11NO2/c10-5-1-2-7-3-4-8(11)9(12)6-7/h1-4,6,11-12H,5,10H2. The van der Waals surface area contributed by atoms with Crippen LogP contribution >= 0.6 is 0 Å². The monoisotopic (exact) mass is 165 g/mol. The van der Waals surface area contributed by atoms with Crippen molar-refractivity contribution in [1.82, 2.24) is 0 Å². The van der Waals surface area contributed by atoms with Gasteiger partial charge in [0.2, 0.25) is 0 Å². The summed E-state index contributed by atoms with van der Waals surface area (Å²) in [6.45, 7) is 0.460. The van der Waals surface area contributed by atoms with Crippen molar-refractivity contribution >= 4 is 6.08 Å². The minimum atomic E-state index is -0.117. The number of rotatable bonds is 2. The number of benzene rings is 1. The van der Waals surface area contributed by atoms with Crippen molar-refractivity contribution < 1.29 is 10.2 Å². The summed E-state index contributed by atoms with van der Waals surface area (Å²) in [5.74, 6) is -0.228. The smallest absolute Gasteiger partial charge is 0.157 e. The molecule has 3 heteroatoms. The number of hydrogen-bond donors (Lipinski definition) is 3. The zero-order valence-corrected chi connectivity index (χ0v) is 6.57. The second-order valence-corrected chi connectivity index (χ2v) is 2.39. The maximum Gasteiger partial charge on any atom is 0.157 e. The van der Waals surface area contributed by atoms with Crippen LogP contribution in [-0.4, -0.2) is 16.8 Å². The lowest BCUT2D eigenvalue weighted by atomic mass is 10.2. The van der Waals surface area contributed by atoms with Gasteiger partial charge in [0.15, 0.2) is 11.5 Å². The third-order valence-electron chi connectivity index (χ3n) is 1.45. The Morgan fingerprint density at radius 2 is 2.00 bits per heavy atom. The van der Waals surface area contributed by atoms with Gasteiger partial charge in [0.25, 0.3) is 0 Å². The second kappa shape index (κ2) is 3.78. The molecule has 0 aromatic heterocycles. The van der Waals surface area contributed by atoms with E-state index in [1.807, 2.05) is 0 Å². The summed E-state index contributed by atoms with van der Waals surface area (Å²) >= 11 is 0. The summed E-state index contributed by atoms with van der Waals surface area (Å²) in [6, 6.07) is 4.61. The van der Waals surface area contributed by atoms with Crippen molar-refractivity contribution in [3.63, 3.8) is 0 Å². The second-order valence-electron chi connectivity index (χ2n) is 2.39. The highest BCUT2D eigenvalue weighted by atomic mass is 16.3. The van der Waals surface area contributed by atoms with Crippen LogP contribution in [0.2, 0.25) is 0 Å². The van der Waals surface area contributed by atoms with E-state index in [-0.39, 0.29) is 11.5 Å². The van der Waals surface area contributed by atoms with Crippen molar-refractivity contribution in [3.8, 4) is 11.5 Å². The molecule has 0 aliphatic heterocycles. The van der Waals surface area contributed by atoms with E-state index in [2.05, 4.69) is 0 Å². The van der Waals surface area contributed by atoms with Gasteiger partial charge in [-0.1, -0.05) is 18.2 Å². The molecule has 0 fully saturated rings. The Labute approximate surface area is 70.8 Å². The Balaban J connectivity index is 2.89. The quantitative estimate of drug-likeness (QED) is 0.574. The van der Waals surface area contributed by atoms with Crippen molar-refractivity contribution in [2.75, 3.05) is 6.54 Å². The first-order chi connectivity index (χ1) is 5.74. The fraction of sp³-hybridized carbons (Fsp3) is 0.111. The van der Waals surface area contributed by atoms with Crippen molar-refractivity contribution in [3.05, 3.63) is 29.8 Å². The Bertz CT molecular complexity index is 295. The highest BCUT2D eigenvalue weighted by Gasteiger charge is 1.96. The predicted octanol–water partition coefficient (Wildman–Crippen LogP) is 1.07. The van der Waals surface area contributed by atoms with E-state index < -0.39 is 0 Å². The summed E-state index contributed by atoms with van der Waals surface area (Å²) in [5.41, 5.74) is 6.06. The van der Waals surface area contributed by atoms with Gasteiger partial charge in [0, 0.05) is 6.54 Å². The average molecular weight is 165 g/mol. The molecule has 1 aromatic carbocycles. The van der Waals surface area contributed by atoms with Crippen LogP contribution in [0.15, 0.2) is 24.3 Å². The first-order valence-corrected chi connectivity index (χ1v) is 3.62. The first kappa shape index (κ1) is 8.62. The van der Waals surface area contributed by atoms with Gasteiger partial charge in [0.1, 0.15) is 0 Å². The molecular formula is C9H11NO2. The van der Waals surface area contributed by atoms with Gasteiger partial charge in [0.05, 0.1) is 0 Å². The lowest BCUT2D eigenvalue weighted by Gasteiger charge is -1.97. The largest absolute Gasteiger partial charge is 0.504 e. The summed E-state index contributed by atoms with van der Waals surface area (Å²) in [5, 5.41) is 18.1. The average Bonchev–Trinajstić information content (AvgIpc) is 2.07. The molecule has 0 bridgehead atoms. The molecule has 4 N–H and O–H groups in total. The van der Waals surface area contributed by atoms with Gasteiger partial charge >= 0.3 is 0 Å². The first-order valence-electron chi connectivity index (χ1n) is 3.62. The molecule has 0 heterocycles. The van der Waals surface area contributed by atoms with Crippen LogP contribution in [0.25, 0.3) is 6.08 Å². The molecule has 1 rings (SSSR count). The Morgan fingerprint density at radius 3 is 2.58 bits per heavy atom. The molecule has 64 valence electrons. The SMILES string of the molecule is NCC=Cc1ccc(O)c(O)c1. The van der Waals surface area contributed by atoms with Gasteiger partial charge in [-0.05, 0) is 17.7 Å². The van der Waals surface area contributed by atoms with Crippen LogP contribution in [-0.2, 0) is 0 Å². The molecule has 0 aliphatic rings. The van der Waals surface area contributed by atoms with Crippen LogP contribution < -0.4 is 5.73 Å². The van der Waals surface area contributed by atoms with Crippen molar-refractivity contribution in [2.24, 2.45) is 5.73 Å². The number of hydrogen-bond acceptors (Lipinski definition) is 3. The number of phenolic OH excluding ortho intramolecular Hbond substituents is 2. The summed E-state index contributed by atoms with van der Waals surface area (Å²) in [7, 11) is 0. The molecule has 0 saturated carbocycles. The molecule has 0 saturated heterocycles. The third kappa shape index (κ3) is 2.00. The summed E-state index contributed by atoms with van der Waals surface area (Å²) in [6.07, 6.45) is 3.55. The molecule has 1 aromatic rings. The molecule has 0 atom stereocenters.